The van der Waals surface area contributed by atoms with E-state index in [4.69, 9.17) is 5.11 Å². The van der Waals surface area contributed by atoms with Crippen LogP contribution < -0.4 is 4.90 Å². The number of carbonyl (C=O) groups is 1. The topological polar surface area (TPSA) is 77.9 Å². The molecule has 0 spiro atoms. The molecule has 1 fully saturated rings. The summed E-state index contributed by atoms with van der Waals surface area (Å²) < 4.78 is 65.8. The standard InChI is InChI=1S/C25H23F3N2O4S/c1-35(33,34)19-6-7-20(16-2-4-17(26)5-3-16)21(14-19)25(32)30-10-8-29(9-11-30)18-12-23(27)22(15-31)24(28)13-18/h2-7,12-14,31H,8-11,15H2,1H3. The first-order valence-electron chi connectivity index (χ1n) is 10.8. The highest BCUT2D eigenvalue weighted by Crippen LogP contribution is 2.29. The summed E-state index contributed by atoms with van der Waals surface area (Å²) in [7, 11) is -3.58. The van der Waals surface area contributed by atoms with E-state index in [1.165, 1.54) is 42.5 Å². The maximum Gasteiger partial charge on any atom is 0.254 e. The predicted molar refractivity (Wildman–Crippen MR) is 125 cm³/mol. The van der Waals surface area contributed by atoms with E-state index in [9.17, 15) is 26.4 Å². The Morgan fingerprint density at radius 1 is 0.914 bits per heavy atom. The van der Waals surface area contributed by atoms with Gasteiger partial charge in [-0.25, -0.2) is 21.6 Å². The van der Waals surface area contributed by atoms with Crippen molar-refractivity contribution < 1.29 is 31.5 Å². The third kappa shape index (κ3) is 5.18. The number of hydrogen-bond donors (Lipinski definition) is 1. The Labute approximate surface area is 201 Å². The van der Waals surface area contributed by atoms with Crippen LogP contribution in [0.15, 0.2) is 59.5 Å². The molecular weight excluding hydrogens is 481 g/mol. The van der Waals surface area contributed by atoms with Crippen molar-refractivity contribution in [2.24, 2.45) is 0 Å². The molecule has 0 unspecified atom stereocenters. The molecule has 3 aromatic rings. The normalized spacial score (nSPS) is 14.3. The van der Waals surface area contributed by atoms with Gasteiger partial charge in [0.25, 0.3) is 5.91 Å². The Hall–Kier alpha value is -3.37. The van der Waals surface area contributed by atoms with Gasteiger partial charge in [0.1, 0.15) is 17.5 Å². The summed E-state index contributed by atoms with van der Waals surface area (Å²) >= 11 is 0. The van der Waals surface area contributed by atoms with Gasteiger partial charge in [-0.3, -0.25) is 4.79 Å². The Balaban J connectivity index is 1.60. The number of halogens is 3. The average Bonchev–Trinajstić information content (AvgIpc) is 2.83. The number of aliphatic hydroxyl groups is 1. The first-order chi connectivity index (χ1) is 16.6. The maximum atomic E-state index is 14.1. The van der Waals surface area contributed by atoms with Crippen LogP contribution in [0.25, 0.3) is 11.1 Å². The molecule has 1 aliphatic rings. The molecule has 0 saturated carbocycles. The van der Waals surface area contributed by atoms with E-state index in [1.807, 2.05) is 0 Å². The van der Waals surface area contributed by atoms with Crippen LogP contribution in [-0.2, 0) is 16.4 Å². The SMILES string of the molecule is CS(=O)(=O)c1ccc(-c2ccc(F)cc2)c(C(=O)N2CCN(c3cc(F)c(CO)c(F)c3)CC2)c1. The van der Waals surface area contributed by atoms with Crippen molar-refractivity contribution in [1.82, 2.24) is 4.90 Å². The molecular formula is C25H23F3N2O4S. The average molecular weight is 505 g/mol. The van der Waals surface area contributed by atoms with Gasteiger partial charge in [-0.1, -0.05) is 18.2 Å². The molecule has 1 saturated heterocycles. The minimum absolute atomic E-state index is 0.0136. The van der Waals surface area contributed by atoms with Crippen LogP contribution in [0, 0.1) is 17.5 Å². The predicted octanol–water partition coefficient (Wildman–Crippen LogP) is 3.63. The van der Waals surface area contributed by atoms with E-state index in [0.29, 0.717) is 29.9 Å². The number of rotatable bonds is 5. The summed E-state index contributed by atoms with van der Waals surface area (Å²) in [5.41, 5.74) is 1.09. The second kappa shape index (κ2) is 9.71. The maximum absolute atomic E-state index is 14.1. The molecule has 0 atom stereocenters. The molecule has 1 aliphatic heterocycles. The van der Waals surface area contributed by atoms with Crippen molar-refractivity contribution in [3.63, 3.8) is 0 Å². The van der Waals surface area contributed by atoms with Crippen LogP contribution in [0.2, 0.25) is 0 Å². The minimum atomic E-state index is -3.58. The highest BCUT2D eigenvalue weighted by Gasteiger charge is 2.26. The number of anilines is 1. The Morgan fingerprint density at radius 3 is 2.06 bits per heavy atom. The number of piperazine rings is 1. The first kappa shape index (κ1) is 24.7. The minimum Gasteiger partial charge on any atom is -0.391 e. The van der Waals surface area contributed by atoms with Gasteiger partial charge < -0.3 is 14.9 Å². The van der Waals surface area contributed by atoms with Crippen molar-refractivity contribution in [2.45, 2.75) is 11.5 Å². The lowest BCUT2D eigenvalue weighted by Crippen LogP contribution is -2.49. The fourth-order valence-corrected chi connectivity index (χ4v) is 4.72. The quantitative estimate of drug-likeness (QED) is 0.574. The van der Waals surface area contributed by atoms with Crippen molar-refractivity contribution in [3.05, 3.63) is 83.2 Å². The van der Waals surface area contributed by atoms with Crippen LogP contribution >= 0.6 is 0 Å². The summed E-state index contributed by atoms with van der Waals surface area (Å²) in [6, 6.07) is 12.1. The molecule has 0 aromatic heterocycles. The molecule has 0 bridgehead atoms. The first-order valence-corrected chi connectivity index (χ1v) is 12.7. The number of aliphatic hydroxyl groups excluding tert-OH is 1. The van der Waals surface area contributed by atoms with Gasteiger partial charge in [-0.15, -0.1) is 0 Å². The molecule has 0 radical (unpaired) electrons. The second-order valence-electron chi connectivity index (χ2n) is 8.31. The third-order valence-electron chi connectivity index (χ3n) is 6.02. The summed E-state index contributed by atoms with van der Waals surface area (Å²) in [5.74, 6) is -2.53. The van der Waals surface area contributed by atoms with E-state index >= 15 is 0 Å². The summed E-state index contributed by atoms with van der Waals surface area (Å²) in [6.07, 6.45) is 1.05. The fraction of sp³-hybridized carbons (Fsp3) is 0.240. The lowest BCUT2D eigenvalue weighted by Gasteiger charge is -2.36. The summed E-state index contributed by atoms with van der Waals surface area (Å²) in [6.45, 7) is 0.302. The van der Waals surface area contributed by atoms with Gasteiger partial charge in [-0.05, 0) is 47.5 Å². The molecule has 6 nitrogen and oxygen atoms in total. The Morgan fingerprint density at radius 2 is 1.51 bits per heavy atom. The molecule has 35 heavy (non-hydrogen) atoms. The lowest BCUT2D eigenvalue weighted by molar-refractivity contribution is 0.0747. The number of amides is 1. The van der Waals surface area contributed by atoms with Gasteiger partial charge in [0.2, 0.25) is 0 Å². The second-order valence-corrected chi connectivity index (χ2v) is 10.3. The number of hydrogen-bond acceptors (Lipinski definition) is 5. The van der Waals surface area contributed by atoms with Gasteiger partial charge in [-0.2, -0.15) is 0 Å². The van der Waals surface area contributed by atoms with E-state index in [-0.39, 0.29) is 23.5 Å². The molecule has 1 heterocycles. The Bertz CT molecular complexity index is 1350. The molecule has 184 valence electrons. The summed E-state index contributed by atoms with van der Waals surface area (Å²) in [5, 5.41) is 9.10. The number of benzene rings is 3. The van der Waals surface area contributed by atoms with Gasteiger partial charge in [0.15, 0.2) is 9.84 Å². The van der Waals surface area contributed by atoms with E-state index in [1.54, 1.807) is 9.80 Å². The van der Waals surface area contributed by atoms with Crippen LogP contribution in [0.1, 0.15) is 15.9 Å². The zero-order chi connectivity index (χ0) is 25.3. The van der Waals surface area contributed by atoms with Crippen molar-refractivity contribution in [3.8, 4) is 11.1 Å². The van der Waals surface area contributed by atoms with E-state index in [0.717, 1.165) is 18.4 Å². The molecule has 1 amide bonds. The summed E-state index contributed by atoms with van der Waals surface area (Å²) in [4.78, 5) is 16.7. The molecule has 1 N–H and O–H groups in total. The van der Waals surface area contributed by atoms with Crippen LogP contribution in [0.5, 0.6) is 0 Å². The lowest BCUT2D eigenvalue weighted by atomic mass is 9.98. The van der Waals surface area contributed by atoms with Gasteiger partial charge >= 0.3 is 0 Å². The zero-order valence-electron chi connectivity index (χ0n) is 18.8. The van der Waals surface area contributed by atoms with Gasteiger partial charge in [0.05, 0.1) is 11.5 Å². The number of nitrogens with zero attached hydrogens (tertiary/aromatic N) is 2. The molecule has 10 heteroatoms. The monoisotopic (exact) mass is 504 g/mol. The number of sulfone groups is 1. The largest absolute Gasteiger partial charge is 0.391 e. The molecule has 4 rings (SSSR count). The van der Waals surface area contributed by atoms with Crippen LogP contribution in [0.3, 0.4) is 0 Å². The van der Waals surface area contributed by atoms with Gasteiger partial charge in [0, 0.05) is 49.2 Å². The van der Waals surface area contributed by atoms with Crippen molar-refractivity contribution in [2.75, 3.05) is 37.3 Å². The molecule has 3 aromatic carbocycles. The van der Waals surface area contributed by atoms with E-state index < -0.39 is 45.4 Å². The number of carbonyl (C=O) groups excluding carboxylic acids is 1. The fourth-order valence-electron chi connectivity index (χ4n) is 4.07. The molecule has 0 aliphatic carbocycles. The van der Waals surface area contributed by atoms with Crippen molar-refractivity contribution in [1.29, 1.82) is 0 Å². The highest BCUT2D eigenvalue weighted by molar-refractivity contribution is 7.90. The van der Waals surface area contributed by atoms with E-state index in [2.05, 4.69) is 0 Å². The Kier molecular flexibility index (Phi) is 6.86. The van der Waals surface area contributed by atoms with Crippen LogP contribution in [0.4, 0.5) is 18.9 Å². The highest BCUT2D eigenvalue weighted by atomic mass is 32.2. The third-order valence-corrected chi connectivity index (χ3v) is 7.13. The smallest absolute Gasteiger partial charge is 0.254 e. The van der Waals surface area contributed by atoms with Crippen molar-refractivity contribution >= 4 is 21.4 Å². The zero-order valence-corrected chi connectivity index (χ0v) is 19.7. The van der Waals surface area contributed by atoms with Crippen LogP contribution in [-0.4, -0.2) is 56.8 Å².